The molecular weight excluding hydrogens is 284 g/mol. The number of pyridine rings is 2. The molecule has 0 saturated carbocycles. The first-order chi connectivity index (χ1) is 10.2. The number of nitrogens with one attached hydrogen (secondary N) is 1. The van der Waals surface area contributed by atoms with Gasteiger partial charge in [0, 0.05) is 24.0 Å². The van der Waals surface area contributed by atoms with Crippen LogP contribution in [0.2, 0.25) is 0 Å². The average molecular weight is 298 g/mol. The zero-order valence-corrected chi connectivity index (χ0v) is 12.2. The van der Waals surface area contributed by atoms with E-state index in [9.17, 15) is 4.79 Å². The van der Waals surface area contributed by atoms with Crippen LogP contribution in [0.15, 0.2) is 42.9 Å². The van der Waals surface area contributed by atoms with E-state index in [4.69, 9.17) is 5.73 Å². The molecule has 0 aliphatic carbocycles. The maximum Gasteiger partial charge on any atom is 0.264 e. The van der Waals surface area contributed by atoms with Gasteiger partial charge in [0.25, 0.3) is 5.91 Å². The highest BCUT2D eigenvalue weighted by Gasteiger charge is 2.18. The zero-order valence-electron chi connectivity index (χ0n) is 11.4. The first kappa shape index (κ1) is 13.5. The first-order valence-corrected chi connectivity index (χ1v) is 7.32. The lowest BCUT2D eigenvalue weighted by molar-refractivity contribution is 0.0944. The van der Waals surface area contributed by atoms with Crippen molar-refractivity contribution in [3.63, 3.8) is 0 Å². The Kier molecular flexibility index (Phi) is 3.53. The summed E-state index contributed by atoms with van der Waals surface area (Å²) in [6.45, 7) is 1.89. The van der Waals surface area contributed by atoms with E-state index in [1.165, 1.54) is 11.3 Å². The smallest absolute Gasteiger partial charge is 0.264 e. The largest absolute Gasteiger partial charge is 0.397 e. The fraction of sp³-hybridized carbons (Fsp3) is 0.133. The van der Waals surface area contributed by atoms with E-state index in [2.05, 4.69) is 15.3 Å². The molecule has 3 rings (SSSR count). The standard InChI is InChI=1S/C15H14N4OS/c1-9(11-4-2-3-6-18-11)19-15(20)14-13(16)10-5-7-17-8-12(10)21-14/h2-9H,16H2,1H3,(H,19,20). The second-order valence-electron chi connectivity index (χ2n) is 4.67. The van der Waals surface area contributed by atoms with Crippen LogP contribution in [-0.2, 0) is 0 Å². The van der Waals surface area contributed by atoms with Crippen molar-refractivity contribution >= 4 is 33.0 Å². The van der Waals surface area contributed by atoms with Crippen LogP contribution in [0.5, 0.6) is 0 Å². The predicted molar refractivity (Wildman–Crippen MR) is 84.2 cm³/mol. The summed E-state index contributed by atoms with van der Waals surface area (Å²) in [6, 6.07) is 7.25. The van der Waals surface area contributed by atoms with E-state index in [1.807, 2.05) is 31.2 Å². The Labute approximate surface area is 125 Å². The molecule has 0 aliphatic rings. The highest BCUT2D eigenvalue weighted by Crippen LogP contribution is 2.33. The van der Waals surface area contributed by atoms with Crippen LogP contribution in [0.1, 0.15) is 28.3 Å². The summed E-state index contributed by atoms with van der Waals surface area (Å²) >= 11 is 1.35. The fourth-order valence-corrected chi connectivity index (χ4v) is 3.10. The quantitative estimate of drug-likeness (QED) is 0.779. The number of nitrogens with zero attached hydrogens (tertiary/aromatic N) is 2. The molecule has 1 atom stereocenters. The molecule has 6 heteroatoms. The number of aromatic nitrogens is 2. The van der Waals surface area contributed by atoms with E-state index >= 15 is 0 Å². The minimum Gasteiger partial charge on any atom is -0.397 e. The van der Waals surface area contributed by atoms with Gasteiger partial charge in [-0.3, -0.25) is 14.8 Å². The molecule has 3 aromatic rings. The summed E-state index contributed by atoms with van der Waals surface area (Å²) in [5, 5.41) is 3.79. The van der Waals surface area contributed by atoms with Gasteiger partial charge in [-0.1, -0.05) is 6.07 Å². The van der Waals surface area contributed by atoms with Crippen molar-refractivity contribution in [1.82, 2.24) is 15.3 Å². The predicted octanol–water partition coefficient (Wildman–Crippen LogP) is 2.76. The number of anilines is 1. The maximum atomic E-state index is 12.4. The summed E-state index contributed by atoms with van der Waals surface area (Å²) in [4.78, 5) is 21.2. The second-order valence-corrected chi connectivity index (χ2v) is 5.72. The molecule has 0 fully saturated rings. The number of nitrogens with two attached hydrogens (primary N) is 1. The van der Waals surface area contributed by atoms with Gasteiger partial charge in [0.1, 0.15) is 4.88 Å². The van der Waals surface area contributed by atoms with Gasteiger partial charge in [0.15, 0.2) is 0 Å². The van der Waals surface area contributed by atoms with E-state index in [-0.39, 0.29) is 11.9 Å². The number of hydrogen-bond acceptors (Lipinski definition) is 5. The third-order valence-electron chi connectivity index (χ3n) is 3.22. The van der Waals surface area contributed by atoms with Crippen LogP contribution in [-0.4, -0.2) is 15.9 Å². The van der Waals surface area contributed by atoms with Gasteiger partial charge < -0.3 is 11.1 Å². The topological polar surface area (TPSA) is 80.9 Å². The van der Waals surface area contributed by atoms with Gasteiger partial charge in [-0.2, -0.15) is 0 Å². The van der Waals surface area contributed by atoms with Crippen molar-refractivity contribution in [3.8, 4) is 0 Å². The molecule has 5 nitrogen and oxygen atoms in total. The molecular formula is C15H14N4OS. The van der Waals surface area contributed by atoms with Crippen molar-refractivity contribution in [2.75, 3.05) is 5.73 Å². The molecule has 0 spiro atoms. The summed E-state index contributed by atoms with van der Waals surface area (Å²) in [7, 11) is 0. The molecule has 1 amide bonds. The number of carbonyl (C=O) groups is 1. The van der Waals surface area contributed by atoms with Gasteiger partial charge in [-0.25, -0.2) is 0 Å². The van der Waals surface area contributed by atoms with Gasteiger partial charge in [-0.15, -0.1) is 11.3 Å². The third kappa shape index (κ3) is 2.57. The van der Waals surface area contributed by atoms with Crippen LogP contribution in [0, 0.1) is 0 Å². The number of carbonyl (C=O) groups excluding carboxylic acids is 1. The molecule has 3 N–H and O–H groups in total. The van der Waals surface area contributed by atoms with Crippen LogP contribution in [0.25, 0.3) is 10.1 Å². The molecule has 21 heavy (non-hydrogen) atoms. The van der Waals surface area contributed by atoms with Crippen molar-refractivity contribution in [2.24, 2.45) is 0 Å². The summed E-state index contributed by atoms with van der Waals surface area (Å²) < 4.78 is 0.908. The van der Waals surface area contributed by atoms with E-state index < -0.39 is 0 Å². The molecule has 0 saturated heterocycles. The van der Waals surface area contributed by atoms with Gasteiger partial charge in [0.2, 0.25) is 0 Å². The van der Waals surface area contributed by atoms with Crippen LogP contribution < -0.4 is 11.1 Å². The molecule has 106 valence electrons. The SMILES string of the molecule is CC(NC(=O)c1sc2cnccc2c1N)c1ccccn1. The second kappa shape index (κ2) is 5.49. The van der Waals surface area contributed by atoms with E-state index in [0.29, 0.717) is 10.6 Å². The van der Waals surface area contributed by atoms with Gasteiger partial charge in [0.05, 0.1) is 22.1 Å². The number of amides is 1. The van der Waals surface area contributed by atoms with Gasteiger partial charge >= 0.3 is 0 Å². The third-order valence-corrected chi connectivity index (χ3v) is 4.37. The number of rotatable bonds is 3. The maximum absolute atomic E-state index is 12.4. The highest BCUT2D eigenvalue weighted by molar-refractivity contribution is 7.21. The van der Waals surface area contributed by atoms with Crippen molar-refractivity contribution in [1.29, 1.82) is 0 Å². The molecule has 1 unspecified atom stereocenters. The average Bonchev–Trinajstić information content (AvgIpc) is 2.86. The van der Waals surface area contributed by atoms with Gasteiger partial charge in [-0.05, 0) is 25.1 Å². The van der Waals surface area contributed by atoms with Crippen LogP contribution in [0.3, 0.4) is 0 Å². The lowest BCUT2D eigenvalue weighted by Gasteiger charge is -2.12. The monoisotopic (exact) mass is 298 g/mol. The van der Waals surface area contributed by atoms with E-state index in [1.54, 1.807) is 18.6 Å². The number of thiophene rings is 1. The zero-order chi connectivity index (χ0) is 14.8. The van der Waals surface area contributed by atoms with Crippen LogP contribution >= 0.6 is 11.3 Å². The first-order valence-electron chi connectivity index (χ1n) is 6.50. The minimum absolute atomic E-state index is 0.179. The molecule has 0 bridgehead atoms. The summed E-state index contributed by atoms with van der Waals surface area (Å²) in [6.07, 6.45) is 5.09. The molecule has 0 radical (unpaired) electrons. The minimum atomic E-state index is -0.188. The molecule has 3 aromatic heterocycles. The number of fused-ring (bicyclic) bond motifs is 1. The lowest BCUT2D eigenvalue weighted by Crippen LogP contribution is -2.27. The fourth-order valence-electron chi connectivity index (χ4n) is 2.11. The summed E-state index contributed by atoms with van der Waals surface area (Å²) in [5.41, 5.74) is 7.38. The number of nitrogen functional groups attached to an aromatic ring is 1. The molecule has 0 aliphatic heterocycles. The van der Waals surface area contributed by atoms with Crippen molar-refractivity contribution < 1.29 is 4.79 Å². The molecule has 0 aromatic carbocycles. The summed E-state index contributed by atoms with van der Waals surface area (Å²) in [5.74, 6) is -0.188. The lowest BCUT2D eigenvalue weighted by atomic mass is 10.2. The number of hydrogen-bond donors (Lipinski definition) is 2. The van der Waals surface area contributed by atoms with Crippen molar-refractivity contribution in [3.05, 3.63) is 53.4 Å². The van der Waals surface area contributed by atoms with Crippen LogP contribution in [0.4, 0.5) is 5.69 Å². The highest BCUT2D eigenvalue weighted by atomic mass is 32.1. The molecule has 3 heterocycles. The Balaban J connectivity index is 1.86. The Morgan fingerprint density at radius 2 is 2.19 bits per heavy atom. The Hall–Kier alpha value is -2.47. The van der Waals surface area contributed by atoms with Crippen molar-refractivity contribution in [2.45, 2.75) is 13.0 Å². The Bertz CT molecular complexity index is 785. The normalized spacial score (nSPS) is 12.2. The Morgan fingerprint density at radius 1 is 1.33 bits per heavy atom. The Morgan fingerprint density at radius 3 is 2.90 bits per heavy atom. The van der Waals surface area contributed by atoms with E-state index in [0.717, 1.165) is 15.8 Å².